The standard InChI is InChI=1S/C23H38ClN3O5/c1-6-7-8-9-10-11-14-31-19-13-12-17(15-18(19)24)25-20(29)23(5,16-28)27-26-21(30)32-22(2,3)4/h12-13,15,27-28H,6-11,14,16H2,1-5H3,(H,25,29)(H,26,30). The number of rotatable bonds is 13. The molecule has 1 aromatic rings. The SMILES string of the molecule is CCCCCCCCOc1ccc(NC(=O)C(C)(CO)NNC(=O)OC(C)(C)C)cc1Cl. The van der Waals surface area contributed by atoms with Crippen LogP contribution in [0.4, 0.5) is 10.5 Å². The first kappa shape index (κ1) is 28.0. The Hall–Kier alpha value is -2.03. The first-order chi connectivity index (χ1) is 15.0. The minimum atomic E-state index is -1.49. The molecule has 0 spiro atoms. The third-order valence-corrected chi connectivity index (χ3v) is 4.90. The lowest BCUT2D eigenvalue weighted by molar-refractivity contribution is -0.123. The fourth-order valence-corrected chi connectivity index (χ4v) is 2.92. The molecular formula is C23H38ClN3O5. The average molecular weight is 472 g/mol. The van der Waals surface area contributed by atoms with Gasteiger partial charge >= 0.3 is 6.09 Å². The van der Waals surface area contributed by atoms with Gasteiger partial charge < -0.3 is 19.9 Å². The predicted molar refractivity (Wildman–Crippen MR) is 127 cm³/mol. The van der Waals surface area contributed by atoms with Gasteiger partial charge in [0.1, 0.15) is 16.9 Å². The van der Waals surface area contributed by atoms with Gasteiger partial charge in [-0.3, -0.25) is 10.2 Å². The topological polar surface area (TPSA) is 109 Å². The van der Waals surface area contributed by atoms with E-state index in [4.69, 9.17) is 21.1 Å². The van der Waals surface area contributed by atoms with Crippen LogP contribution in [0, 0.1) is 0 Å². The van der Waals surface area contributed by atoms with E-state index in [1.165, 1.54) is 32.6 Å². The van der Waals surface area contributed by atoms with Crippen molar-refractivity contribution in [2.75, 3.05) is 18.5 Å². The molecule has 0 saturated carbocycles. The number of benzene rings is 1. The Morgan fingerprint density at radius 2 is 1.72 bits per heavy atom. The molecule has 1 unspecified atom stereocenters. The van der Waals surface area contributed by atoms with Crippen molar-refractivity contribution in [1.29, 1.82) is 0 Å². The minimum Gasteiger partial charge on any atom is -0.492 e. The molecule has 8 nitrogen and oxygen atoms in total. The van der Waals surface area contributed by atoms with Crippen molar-refractivity contribution < 1.29 is 24.2 Å². The summed E-state index contributed by atoms with van der Waals surface area (Å²) in [5.74, 6) is -0.0132. The highest BCUT2D eigenvalue weighted by Crippen LogP contribution is 2.28. The molecule has 0 aromatic heterocycles. The van der Waals surface area contributed by atoms with Crippen molar-refractivity contribution >= 4 is 29.3 Å². The van der Waals surface area contributed by atoms with Crippen molar-refractivity contribution in [3.63, 3.8) is 0 Å². The number of aliphatic hydroxyl groups is 1. The zero-order chi connectivity index (χ0) is 24.2. The van der Waals surface area contributed by atoms with E-state index in [1.807, 2.05) is 0 Å². The van der Waals surface area contributed by atoms with E-state index in [0.717, 1.165) is 12.8 Å². The molecule has 1 rings (SSSR count). The maximum Gasteiger partial charge on any atom is 0.422 e. The maximum absolute atomic E-state index is 12.7. The number of hydrogen-bond acceptors (Lipinski definition) is 6. The number of aliphatic hydroxyl groups excluding tert-OH is 1. The first-order valence-electron chi connectivity index (χ1n) is 11.1. The van der Waals surface area contributed by atoms with E-state index in [2.05, 4.69) is 23.1 Å². The van der Waals surface area contributed by atoms with Crippen molar-refractivity contribution in [2.24, 2.45) is 0 Å². The largest absolute Gasteiger partial charge is 0.492 e. The Morgan fingerprint density at radius 1 is 1.06 bits per heavy atom. The van der Waals surface area contributed by atoms with Gasteiger partial charge in [0, 0.05) is 5.69 Å². The molecule has 32 heavy (non-hydrogen) atoms. The Bertz CT molecular complexity index is 739. The number of ether oxygens (including phenoxy) is 2. The second-order valence-corrected chi connectivity index (χ2v) is 9.36. The molecule has 0 fully saturated rings. The lowest BCUT2D eigenvalue weighted by Crippen LogP contribution is -2.61. The highest BCUT2D eigenvalue weighted by atomic mass is 35.5. The Kier molecular flexibility index (Phi) is 11.8. The van der Waals surface area contributed by atoms with Gasteiger partial charge in [0.25, 0.3) is 0 Å². The zero-order valence-corrected chi connectivity index (χ0v) is 20.6. The first-order valence-corrected chi connectivity index (χ1v) is 11.5. The third-order valence-electron chi connectivity index (χ3n) is 4.60. The smallest absolute Gasteiger partial charge is 0.422 e. The van der Waals surface area contributed by atoms with Crippen LogP contribution in [0.3, 0.4) is 0 Å². The summed E-state index contributed by atoms with van der Waals surface area (Å²) >= 11 is 6.29. The third kappa shape index (κ3) is 10.5. The van der Waals surface area contributed by atoms with E-state index >= 15 is 0 Å². The van der Waals surface area contributed by atoms with E-state index < -0.39 is 29.7 Å². The molecule has 1 aromatic carbocycles. The quantitative estimate of drug-likeness (QED) is 0.243. The van der Waals surface area contributed by atoms with E-state index in [9.17, 15) is 14.7 Å². The van der Waals surface area contributed by atoms with E-state index in [-0.39, 0.29) is 0 Å². The van der Waals surface area contributed by atoms with Crippen molar-refractivity contribution in [3.8, 4) is 5.75 Å². The molecule has 1 atom stereocenters. The van der Waals surface area contributed by atoms with Crippen LogP contribution < -0.4 is 20.9 Å². The normalized spacial score (nSPS) is 13.2. The van der Waals surface area contributed by atoms with Crippen molar-refractivity contribution in [3.05, 3.63) is 23.2 Å². The number of nitrogens with one attached hydrogen (secondary N) is 3. The van der Waals surface area contributed by atoms with Gasteiger partial charge in [0.05, 0.1) is 18.2 Å². The van der Waals surface area contributed by atoms with Gasteiger partial charge in [-0.05, 0) is 52.3 Å². The fraction of sp³-hybridized carbons (Fsp3) is 0.652. The summed E-state index contributed by atoms with van der Waals surface area (Å²) in [6.45, 7) is 8.81. The number of anilines is 1. The Labute approximate surface area is 196 Å². The summed E-state index contributed by atoms with van der Waals surface area (Å²) in [5.41, 5.74) is 3.06. The second-order valence-electron chi connectivity index (χ2n) is 8.96. The highest BCUT2D eigenvalue weighted by Gasteiger charge is 2.33. The number of amides is 2. The summed E-state index contributed by atoms with van der Waals surface area (Å²) in [4.78, 5) is 24.5. The molecule has 0 heterocycles. The van der Waals surface area contributed by atoms with Crippen LogP contribution >= 0.6 is 11.6 Å². The number of carbonyl (C=O) groups excluding carboxylic acids is 2. The zero-order valence-electron chi connectivity index (χ0n) is 19.8. The summed E-state index contributed by atoms with van der Waals surface area (Å²) in [6.07, 6.45) is 6.26. The van der Waals surface area contributed by atoms with E-state index in [1.54, 1.807) is 39.0 Å². The van der Waals surface area contributed by atoms with Crippen LogP contribution in [0.5, 0.6) is 5.75 Å². The van der Waals surface area contributed by atoms with Crippen LogP contribution in [0.1, 0.15) is 73.1 Å². The van der Waals surface area contributed by atoms with Crippen LogP contribution in [0.2, 0.25) is 5.02 Å². The predicted octanol–water partition coefficient (Wildman–Crippen LogP) is 4.80. The van der Waals surface area contributed by atoms with Crippen LogP contribution in [-0.2, 0) is 9.53 Å². The van der Waals surface area contributed by atoms with Gasteiger partial charge in [0.15, 0.2) is 0 Å². The van der Waals surface area contributed by atoms with Gasteiger partial charge in [-0.1, -0.05) is 50.6 Å². The molecular weight excluding hydrogens is 434 g/mol. The van der Waals surface area contributed by atoms with Gasteiger partial charge in [0.2, 0.25) is 5.91 Å². The lowest BCUT2D eigenvalue weighted by Gasteiger charge is -2.28. The van der Waals surface area contributed by atoms with Gasteiger partial charge in [-0.2, -0.15) is 0 Å². The molecule has 4 N–H and O–H groups in total. The maximum atomic E-state index is 12.7. The number of hydrazine groups is 1. The number of carbonyl (C=O) groups is 2. The molecule has 0 bridgehead atoms. The number of halogens is 1. The fourth-order valence-electron chi connectivity index (χ4n) is 2.69. The molecule has 0 aliphatic rings. The molecule has 0 saturated heterocycles. The molecule has 0 aliphatic carbocycles. The highest BCUT2D eigenvalue weighted by molar-refractivity contribution is 6.32. The Balaban J connectivity index is 2.57. The molecule has 182 valence electrons. The van der Waals surface area contributed by atoms with Gasteiger partial charge in [-0.25, -0.2) is 10.2 Å². The summed E-state index contributed by atoms with van der Waals surface area (Å²) in [7, 11) is 0. The van der Waals surface area contributed by atoms with Crippen molar-refractivity contribution in [1.82, 2.24) is 10.9 Å². The van der Waals surface area contributed by atoms with Gasteiger partial charge in [-0.15, -0.1) is 0 Å². The van der Waals surface area contributed by atoms with Crippen molar-refractivity contribution in [2.45, 2.75) is 84.3 Å². The summed E-state index contributed by atoms with van der Waals surface area (Å²) in [6, 6.07) is 4.94. The second kappa shape index (κ2) is 13.5. The average Bonchev–Trinajstić information content (AvgIpc) is 2.71. The molecule has 2 amide bonds. The van der Waals surface area contributed by atoms with Crippen LogP contribution in [-0.4, -0.2) is 41.5 Å². The summed E-state index contributed by atoms with van der Waals surface area (Å²) < 4.78 is 10.8. The molecule has 0 radical (unpaired) electrons. The monoisotopic (exact) mass is 471 g/mol. The summed E-state index contributed by atoms with van der Waals surface area (Å²) in [5, 5.41) is 12.8. The van der Waals surface area contributed by atoms with Crippen LogP contribution in [0.25, 0.3) is 0 Å². The number of unbranched alkanes of at least 4 members (excludes halogenated alkanes) is 5. The van der Waals surface area contributed by atoms with Crippen LogP contribution in [0.15, 0.2) is 18.2 Å². The number of hydrogen-bond donors (Lipinski definition) is 4. The molecule has 0 aliphatic heterocycles. The Morgan fingerprint density at radius 3 is 2.31 bits per heavy atom. The van der Waals surface area contributed by atoms with E-state index in [0.29, 0.717) is 23.1 Å². The molecule has 9 heteroatoms. The lowest BCUT2D eigenvalue weighted by atomic mass is 10.0. The minimum absolute atomic E-state index is 0.374.